The van der Waals surface area contributed by atoms with Crippen LogP contribution in [0.3, 0.4) is 0 Å². The van der Waals surface area contributed by atoms with Crippen LogP contribution in [-0.2, 0) is 11.1 Å². The molecule has 0 bridgehead atoms. The summed E-state index contributed by atoms with van der Waals surface area (Å²) in [6, 6.07) is 0. The highest BCUT2D eigenvalue weighted by atomic mass is 127. The minimum Gasteiger partial charge on any atom is -0.771 e. The third-order valence-corrected chi connectivity index (χ3v) is 5.24. The molecule has 0 aromatic heterocycles. The van der Waals surface area contributed by atoms with E-state index >= 15 is 0 Å². The van der Waals surface area contributed by atoms with E-state index in [-0.39, 0.29) is 0 Å². The van der Waals surface area contributed by atoms with Gasteiger partial charge in [-0.3, -0.25) is 4.21 Å². The Kier molecular flexibility index (Phi) is 6.96. The number of rotatable bonds is 5. The molecule has 0 saturated carbocycles. The van der Waals surface area contributed by atoms with E-state index in [4.69, 9.17) is 0 Å². The Morgan fingerprint density at radius 3 is 2.36 bits per heavy atom. The maximum Gasteiger partial charge on any atom is 0.134 e. The molecule has 11 heavy (non-hydrogen) atoms. The molecular formula is C6H11I2O2S-. The summed E-state index contributed by atoms with van der Waals surface area (Å²) in [5.74, 6) is 0. The Balaban J connectivity index is 3.64. The van der Waals surface area contributed by atoms with Crippen molar-refractivity contribution in [2.45, 2.75) is 33.4 Å². The van der Waals surface area contributed by atoms with Crippen LogP contribution in [0.15, 0.2) is 0 Å². The number of unbranched alkanes of at least 4 members (excludes halogenated alkanes) is 2. The van der Waals surface area contributed by atoms with Crippen molar-refractivity contribution in [3.8, 4) is 0 Å². The van der Waals surface area contributed by atoms with Crippen molar-refractivity contribution in [3.05, 3.63) is 0 Å². The van der Waals surface area contributed by atoms with Crippen LogP contribution in [-0.4, -0.2) is 9.52 Å². The van der Waals surface area contributed by atoms with Gasteiger partial charge in [-0.05, 0) is 17.5 Å². The molecule has 68 valence electrons. The molecule has 0 aliphatic rings. The van der Waals surface area contributed by atoms with E-state index in [1.54, 1.807) is 0 Å². The van der Waals surface area contributed by atoms with E-state index in [0.29, 0.717) is 0 Å². The lowest BCUT2D eigenvalue weighted by molar-refractivity contribution is 0.528. The van der Waals surface area contributed by atoms with Gasteiger partial charge in [0, 0.05) is 0 Å². The van der Waals surface area contributed by atoms with Gasteiger partial charge in [-0.15, -0.1) is 0 Å². The van der Waals surface area contributed by atoms with E-state index in [2.05, 4.69) is 6.92 Å². The van der Waals surface area contributed by atoms with Crippen molar-refractivity contribution in [2.75, 3.05) is 0 Å². The summed E-state index contributed by atoms with van der Waals surface area (Å²) in [6.07, 6.45) is 3.99. The molecule has 1 unspecified atom stereocenters. The van der Waals surface area contributed by atoms with E-state index in [1.807, 2.05) is 45.2 Å². The van der Waals surface area contributed by atoms with E-state index < -0.39 is 11.8 Å². The monoisotopic (exact) mass is 401 g/mol. The Morgan fingerprint density at radius 2 is 2.00 bits per heavy atom. The first-order valence-corrected chi connectivity index (χ1v) is 6.71. The van der Waals surface area contributed by atoms with E-state index in [9.17, 15) is 8.76 Å². The van der Waals surface area contributed by atoms with Crippen LogP contribution >= 0.6 is 45.2 Å². The predicted octanol–water partition coefficient (Wildman–Crippen LogP) is 2.97. The van der Waals surface area contributed by atoms with Gasteiger partial charge in [-0.2, -0.15) is 0 Å². The Morgan fingerprint density at radius 1 is 1.45 bits per heavy atom. The second-order valence-electron chi connectivity index (χ2n) is 2.33. The molecule has 2 nitrogen and oxygen atoms in total. The smallest absolute Gasteiger partial charge is 0.134 e. The summed E-state index contributed by atoms with van der Waals surface area (Å²) in [6.45, 7) is 2.11. The van der Waals surface area contributed by atoms with Crippen molar-refractivity contribution in [2.24, 2.45) is 0 Å². The number of alkyl halides is 2. The zero-order chi connectivity index (χ0) is 8.91. The topological polar surface area (TPSA) is 40.1 Å². The molecule has 0 rings (SSSR count). The SMILES string of the molecule is CCCCCC(I)(I)S(=O)[O-]. The van der Waals surface area contributed by atoms with Crippen LogP contribution in [0.1, 0.15) is 32.6 Å². The molecule has 0 heterocycles. The standard InChI is InChI=1S/C6H12I2O2S/c1-2-3-4-5-6(7,8)11(9)10/h2-5H2,1H3,(H,9,10)/p-1. The largest absolute Gasteiger partial charge is 0.771 e. The molecule has 0 aliphatic carbocycles. The second-order valence-corrected chi connectivity index (χ2v) is 10.7. The summed E-state index contributed by atoms with van der Waals surface area (Å²) < 4.78 is 20.6. The van der Waals surface area contributed by atoms with E-state index in [1.165, 1.54) is 0 Å². The Labute approximate surface area is 97.5 Å². The minimum atomic E-state index is -1.96. The van der Waals surface area contributed by atoms with Crippen LogP contribution < -0.4 is 0 Å². The summed E-state index contributed by atoms with van der Waals surface area (Å²) in [7, 11) is 0. The van der Waals surface area contributed by atoms with Gasteiger partial charge in [-0.25, -0.2) is 0 Å². The maximum atomic E-state index is 10.6. The zero-order valence-corrected chi connectivity index (χ0v) is 11.4. The van der Waals surface area contributed by atoms with Crippen molar-refractivity contribution in [1.29, 1.82) is 0 Å². The third kappa shape index (κ3) is 5.75. The molecule has 5 heteroatoms. The lowest BCUT2D eigenvalue weighted by Crippen LogP contribution is -2.17. The normalized spacial score (nSPS) is 14.9. The molecule has 0 aromatic rings. The summed E-state index contributed by atoms with van der Waals surface area (Å²) in [5, 5.41) is 0. The first-order valence-electron chi connectivity index (χ1n) is 3.48. The van der Waals surface area contributed by atoms with Gasteiger partial charge in [0.2, 0.25) is 0 Å². The molecule has 0 amide bonds. The Hall–Kier alpha value is 1.57. The average molecular weight is 401 g/mol. The fourth-order valence-electron chi connectivity index (χ4n) is 0.664. The van der Waals surface area contributed by atoms with Crippen LogP contribution in [0.4, 0.5) is 0 Å². The van der Waals surface area contributed by atoms with Crippen molar-refractivity contribution in [3.63, 3.8) is 0 Å². The molecule has 0 spiro atoms. The minimum absolute atomic E-state index is 0.593. The van der Waals surface area contributed by atoms with Gasteiger partial charge in [0.05, 0.1) is 0 Å². The van der Waals surface area contributed by atoms with E-state index in [0.717, 1.165) is 25.7 Å². The average Bonchev–Trinajstić information content (AvgIpc) is 1.88. The van der Waals surface area contributed by atoms with Gasteiger partial charge in [0.25, 0.3) is 0 Å². The molecule has 0 fully saturated rings. The second kappa shape index (κ2) is 6.09. The maximum absolute atomic E-state index is 10.6. The summed E-state index contributed by atoms with van der Waals surface area (Å²) in [5.41, 5.74) is 0. The van der Waals surface area contributed by atoms with Crippen LogP contribution in [0, 0.1) is 0 Å². The highest BCUT2D eigenvalue weighted by Gasteiger charge is 2.22. The van der Waals surface area contributed by atoms with Gasteiger partial charge < -0.3 is 4.55 Å². The molecule has 1 atom stereocenters. The number of halogens is 2. The van der Waals surface area contributed by atoms with Crippen LogP contribution in [0.25, 0.3) is 0 Å². The number of hydrogen-bond acceptors (Lipinski definition) is 2. The third-order valence-electron chi connectivity index (χ3n) is 1.32. The lowest BCUT2D eigenvalue weighted by atomic mass is 10.2. The summed E-state index contributed by atoms with van der Waals surface area (Å²) >= 11 is 2.00. The van der Waals surface area contributed by atoms with Crippen molar-refractivity contribution < 1.29 is 8.76 Å². The quantitative estimate of drug-likeness (QED) is 0.308. The molecule has 0 saturated heterocycles. The number of hydrogen-bond donors (Lipinski definition) is 0. The predicted molar refractivity (Wildman–Crippen MR) is 63.8 cm³/mol. The fraction of sp³-hybridized carbons (Fsp3) is 1.00. The highest BCUT2D eigenvalue weighted by molar-refractivity contribution is 14.2. The van der Waals surface area contributed by atoms with Gasteiger partial charge >= 0.3 is 0 Å². The van der Waals surface area contributed by atoms with Crippen molar-refractivity contribution >= 4 is 56.3 Å². The van der Waals surface area contributed by atoms with Crippen LogP contribution in [0.5, 0.6) is 0 Å². The van der Waals surface area contributed by atoms with Gasteiger partial charge in [0.1, 0.15) is 0.760 Å². The van der Waals surface area contributed by atoms with Gasteiger partial charge in [-0.1, -0.05) is 71.4 Å². The molecule has 0 radical (unpaired) electrons. The Bertz CT molecular complexity index is 139. The highest BCUT2D eigenvalue weighted by Crippen LogP contribution is 2.36. The lowest BCUT2D eigenvalue weighted by Gasteiger charge is -2.22. The van der Waals surface area contributed by atoms with Crippen LogP contribution in [0.2, 0.25) is 0 Å². The zero-order valence-electron chi connectivity index (χ0n) is 6.31. The summed E-state index contributed by atoms with van der Waals surface area (Å²) in [4.78, 5) is 0. The molecule has 0 aliphatic heterocycles. The molecule has 0 aromatic carbocycles. The first kappa shape index (κ1) is 12.6. The fourth-order valence-corrected chi connectivity index (χ4v) is 1.74. The molecular weight excluding hydrogens is 390 g/mol. The van der Waals surface area contributed by atoms with Gasteiger partial charge in [0.15, 0.2) is 0 Å². The molecule has 0 N–H and O–H groups in total. The first-order chi connectivity index (χ1) is 5.00. The van der Waals surface area contributed by atoms with Crippen molar-refractivity contribution in [1.82, 2.24) is 0 Å².